The molecule has 2 heteroatoms. The van der Waals surface area contributed by atoms with E-state index in [4.69, 9.17) is 0 Å². The zero-order valence-corrected chi connectivity index (χ0v) is 72.4. The molecule has 6 aliphatic rings. The van der Waals surface area contributed by atoms with Crippen molar-refractivity contribution >= 4 is 55.7 Å². The summed E-state index contributed by atoms with van der Waals surface area (Å²) in [6.45, 7) is 9.55. The summed E-state index contributed by atoms with van der Waals surface area (Å²) < 4.78 is 0. The van der Waals surface area contributed by atoms with Crippen molar-refractivity contribution in [3.05, 3.63) is 490 Å². The van der Waals surface area contributed by atoms with Crippen molar-refractivity contribution in [2.45, 2.75) is 125 Å². The molecule has 0 aliphatic heterocycles. The van der Waals surface area contributed by atoms with E-state index in [9.17, 15) is 0 Å². The standard InChI is InChI=1S/2C62H51N/c1-61(2)56-31-16-14-28-51(56)52-37-34-47(40-57(52)61)63(60-32-17-15-29-55(60)50-30-18-22-43-21-12-13-27-49(43)50)48-35-38-54-53-36-33-44(42-19-6-3-7-20-42)39-58(53)62(59(54)41-48,45-23-8-4-9-24-45)46-25-10-5-11-26-46;1-61(2)56-32-14-11-28-51(56)53-37-35-47(40-58(53)61)63(60-34-16-13-30-55(60)50-31-18-22-43-21-9-10-27-49(43)50)48-36-38-54-52-29-12-15-33-57(52)62(59(54)41-48,45-24-7-4-8-25-45)46-26-17-23-44(39-46)42-19-5-3-6-20-42/h4-5,8-18,21-42H,3,6-7,19-20H2,1-2H3;4,7-18,21-42H,3,5-6,19-20H2,1-2H3. The lowest BCUT2D eigenvalue weighted by Crippen LogP contribution is -2.29. The third-order valence-electron chi connectivity index (χ3n) is 29.9. The Morgan fingerprint density at radius 3 is 0.937 bits per heavy atom. The van der Waals surface area contributed by atoms with Crippen molar-refractivity contribution in [3.8, 4) is 66.8 Å². The molecule has 0 bridgehead atoms. The fourth-order valence-electron chi connectivity index (χ4n) is 23.9. The fourth-order valence-corrected chi connectivity index (χ4v) is 23.9. The van der Waals surface area contributed by atoms with Gasteiger partial charge in [0.05, 0.1) is 22.2 Å². The zero-order chi connectivity index (χ0) is 84.2. The maximum absolute atomic E-state index is 2.61. The number of anilines is 6. The van der Waals surface area contributed by atoms with Crippen LogP contribution >= 0.6 is 0 Å². The van der Waals surface area contributed by atoms with Gasteiger partial charge in [-0.1, -0.05) is 418 Å². The van der Waals surface area contributed by atoms with Crippen LogP contribution in [0.5, 0.6) is 0 Å². The van der Waals surface area contributed by atoms with Gasteiger partial charge in [-0.15, -0.1) is 0 Å². The molecule has 0 amide bonds. The number of benzene rings is 18. The first-order valence-electron chi connectivity index (χ1n) is 46.1. The molecule has 2 saturated carbocycles. The third-order valence-corrected chi connectivity index (χ3v) is 29.9. The van der Waals surface area contributed by atoms with Gasteiger partial charge in [-0.25, -0.2) is 0 Å². The van der Waals surface area contributed by atoms with Crippen LogP contribution in [0, 0.1) is 0 Å². The number of rotatable bonds is 14. The van der Waals surface area contributed by atoms with E-state index >= 15 is 0 Å². The molecule has 0 aromatic heterocycles. The molecule has 0 heterocycles. The minimum absolute atomic E-state index is 0.145. The summed E-state index contributed by atoms with van der Waals surface area (Å²) in [5, 5.41) is 4.99. The van der Waals surface area contributed by atoms with Gasteiger partial charge in [0.15, 0.2) is 0 Å². The van der Waals surface area contributed by atoms with Crippen LogP contribution in [-0.4, -0.2) is 0 Å². The van der Waals surface area contributed by atoms with Gasteiger partial charge in [-0.2, -0.15) is 0 Å². The monoisotopic (exact) mass is 1620 g/mol. The summed E-state index contributed by atoms with van der Waals surface area (Å²) >= 11 is 0. The first-order valence-corrected chi connectivity index (χ1v) is 46.1. The zero-order valence-electron chi connectivity index (χ0n) is 72.4. The van der Waals surface area contributed by atoms with Crippen molar-refractivity contribution in [2.75, 3.05) is 9.80 Å². The van der Waals surface area contributed by atoms with Crippen LogP contribution in [0.25, 0.3) is 88.3 Å². The van der Waals surface area contributed by atoms with Gasteiger partial charge >= 0.3 is 0 Å². The topological polar surface area (TPSA) is 6.48 Å². The summed E-state index contributed by atoms with van der Waals surface area (Å²) in [4.78, 5) is 5.10. The van der Waals surface area contributed by atoms with Crippen molar-refractivity contribution < 1.29 is 0 Å². The van der Waals surface area contributed by atoms with E-state index in [1.165, 1.54) is 230 Å². The largest absolute Gasteiger partial charge is 0.310 e. The normalized spacial score (nSPS) is 16.4. The highest BCUT2D eigenvalue weighted by Crippen LogP contribution is 2.63. The van der Waals surface area contributed by atoms with Gasteiger partial charge in [-0.05, 0) is 253 Å². The van der Waals surface area contributed by atoms with Gasteiger partial charge in [0.2, 0.25) is 0 Å². The van der Waals surface area contributed by atoms with Crippen LogP contribution in [0.3, 0.4) is 0 Å². The van der Waals surface area contributed by atoms with E-state index < -0.39 is 10.8 Å². The highest BCUT2D eigenvalue weighted by molar-refractivity contribution is 6.05. The number of hydrogen-bond acceptors (Lipinski definition) is 2. The second-order valence-electron chi connectivity index (χ2n) is 37.3. The van der Waals surface area contributed by atoms with Gasteiger partial charge in [-0.3, -0.25) is 0 Å². The van der Waals surface area contributed by atoms with Crippen molar-refractivity contribution in [1.29, 1.82) is 0 Å². The predicted molar refractivity (Wildman–Crippen MR) is 530 cm³/mol. The Morgan fingerprint density at radius 1 is 0.198 bits per heavy atom. The van der Waals surface area contributed by atoms with Crippen LogP contribution in [0.1, 0.15) is 182 Å². The van der Waals surface area contributed by atoms with E-state index in [0.717, 1.165) is 34.1 Å². The van der Waals surface area contributed by atoms with E-state index in [2.05, 4.69) is 450 Å². The van der Waals surface area contributed by atoms with Crippen LogP contribution in [-0.2, 0) is 21.7 Å². The summed E-state index contributed by atoms with van der Waals surface area (Å²) in [6.07, 6.45) is 13.0. The quantitative estimate of drug-likeness (QED) is 0.107. The maximum Gasteiger partial charge on any atom is 0.0714 e. The van der Waals surface area contributed by atoms with Gasteiger partial charge in [0.1, 0.15) is 0 Å². The molecular formula is C124H102N2. The molecule has 1 unspecified atom stereocenters. The maximum atomic E-state index is 2.61. The van der Waals surface area contributed by atoms with Gasteiger partial charge in [0.25, 0.3) is 0 Å². The summed E-state index contributed by atoms with van der Waals surface area (Å²) in [6, 6.07) is 157. The number of hydrogen-bond donors (Lipinski definition) is 0. The molecule has 1 atom stereocenters. The molecule has 18 aromatic rings. The SMILES string of the molecule is CC1(C)c2ccccc2-c2ccc(N(c3ccc4c(c3)C(c3ccccc3)(c3cccc(C5CCCCC5)c3)c3ccccc3-4)c3ccccc3-c3cccc4ccccc34)cc21.CC1(C)c2ccccc2-c2ccc(N(c3ccc4c(c3)C(c3ccccc3)(c3ccccc3)c3cc(C5CCCCC5)ccc3-4)c3ccccc3-c3cccc4ccccc34)cc21. The van der Waals surface area contributed by atoms with E-state index in [-0.39, 0.29) is 10.8 Å². The first kappa shape index (κ1) is 76.9. The number of para-hydroxylation sites is 2. The Kier molecular flexibility index (Phi) is 19.0. The number of fused-ring (bicyclic) bond motifs is 14. The predicted octanol–water partition coefficient (Wildman–Crippen LogP) is 33.4. The molecule has 608 valence electrons. The van der Waals surface area contributed by atoms with Crippen LogP contribution < -0.4 is 9.80 Å². The highest BCUT2D eigenvalue weighted by Gasteiger charge is 2.50. The minimum Gasteiger partial charge on any atom is -0.310 e. The van der Waals surface area contributed by atoms with E-state index in [1.807, 2.05) is 0 Å². The van der Waals surface area contributed by atoms with Crippen molar-refractivity contribution in [1.82, 2.24) is 0 Å². The summed E-state index contributed by atoms with van der Waals surface area (Å²) in [7, 11) is 0. The van der Waals surface area contributed by atoms with E-state index in [1.54, 1.807) is 0 Å². The van der Waals surface area contributed by atoms with E-state index in [0.29, 0.717) is 11.8 Å². The molecule has 24 rings (SSSR count). The molecule has 0 radical (unpaired) electrons. The smallest absolute Gasteiger partial charge is 0.0714 e. The molecule has 126 heavy (non-hydrogen) atoms. The van der Waals surface area contributed by atoms with Gasteiger partial charge < -0.3 is 9.80 Å². The van der Waals surface area contributed by atoms with Crippen LogP contribution in [0.2, 0.25) is 0 Å². The summed E-state index contributed by atoms with van der Waals surface area (Å²) in [5.74, 6) is 1.20. The Labute approximate surface area is 742 Å². The first-order chi connectivity index (χ1) is 62.0. The average Bonchev–Trinajstić information content (AvgIpc) is 1.54. The lowest BCUT2D eigenvalue weighted by atomic mass is 9.67. The second-order valence-corrected chi connectivity index (χ2v) is 37.3. The van der Waals surface area contributed by atoms with Gasteiger partial charge in [0, 0.05) is 44.7 Å². The molecule has 0 N–H and O–H groups in total. The molecular weight excluding hydrogens is 1520 g/mol. The van der Waals surface area contributed by atoms with Crippen LogP contribution in [0.15, 0.2) is 413 Å². The lowest BCUT2D eigenvalue weighted by Gasteiger charge is -2.36. The Morgan fingerprint density at radius 2 is 0.492 bits per heavy atom. The fraction of sp³-hybridized carbons (Fsp3) is 0.161. The lowest BCUT2D eigenvalue weighted by molar-refractivity contribution is 0.443. The Hall–Kier alpha value is -13.9. The summed E-state index contributed by atoms with van der Waals surface area (Å²) in [5.41, 5.74) is 40.2. The third kappa shape index (κ3) is 12.3. The Bertz CT molecular complexity index is 6910. The average molecular weight is 1620 g/mol. The van der Waals surface area contributed by atoms with Crippen LogP contribution in [0.4, 0.5) is 34.1 Å². The molecule has 18 aromatic carbocycles. The molecule has 2 fully saturated rings. The molecule has 0 spiro atoms. The Balaban J connectivity index is 0.000000145. The second kappa shape index (κ2) is 31.1. The number of nitrogens with zero attached hydrogens (tertiary/aromatic N) is 2. The van der Waals surface area contributed by atoms with Crippen molar-refractivity contribution in [3.63, 3.8) is 0 Å². The molecule has 6 aliphatic carbocycles. The molecule has 0 saturated heterocycles. The molecule has 2 nitrogen and oxygen atoms in total. The highest BCUT2D eigenvalue weighted by atomic mass is 15.2. The minimum atomic E-state index is -0.518. The van der Waals surface area contributed by atoms with Crippen molar-refractivity contribution in [2.24, 2.45) is 0 Å².